The topological polar surface area (TPSA) is 127 Å². The highest BCUT2D eigenvalue weighted by molar-refractivity contribution is 14.1. The van der Waals surface area contributed by atoms with Crippen LogP contribution >= 0.6 is 22.6 Å². The van der Waals surface area contributed by atoms with Crippen LogP contribution in [0, 0.1) is 14.9 Å². The first-order valence-corrected chi connectivity index (χ1v) is 10.8. The Balaban J connectivity index is 2.24. The van der Waals surface area contributed by atoms with Crippen molar-refractivity contribution in [2.45, 2.75) is 13.5 Å². The molecule has 0 aliphatic carbocycles. The van der Waals surface area contributed by atoms with Gasteiger partial charge < -0.3 is 29.4 Å². The minimum Gasteiger partial charge on any atom is -0.497 e. The Kier molecular flexibility index (Phi) is 9.81. The number of ether oxygens (including phenoxy) is 4. The molecule has 0 heterocycles. The van der Waals surface area contributed by atoms with Crippen molar-refractivity contribution in [3.8, 4) is 29.1 Å². The van der Waals surface area contributed by atoms with E-state index in [1.165, 1.54) is 13.2 Å². The molecule has 174 valence electrons. The van der Waals surface area contributed by atoms with Gasteiger partial charge in [-0.25, -0.2) is 4.79 Å². The van der Waals surface area contributed by atoms with Crippen molar-refractivity contribution >= 4 is 40.5 Å². The molecule has 2 rings (SSSR count). The van der Waals surface area contributed by atoms with Gasteiger partial charge in [-0.3, -0.25) is 4.79 Å². The number of nitrogens with zero attached hydrogens (tertiary/aromatic N) is 1. The summed E-state index contributed by atoms with van der Waals surface area (Å²) in [5, 5.41) is 21.1. The number of carbonyl (C=O) groups excluding carboxylic acids is 1. The molecule has 10 heteroatoms. The normalized spacial score (nSPS) is 10.7. The van der Waals surface area contributed by atoms with E-state index in [0.717, 1.165) is 5.56 Å². The van der Waals surface area contributed by atoms with Crippen LogP contribution in [0.15, 0.2) is 35.9 Å². The highest BCUT2D eigenvalue weighted by Gasteiger charge is 2.16. The van der Waals surface area contributed by atoms with Crippen LogP contribution in [0.1, 0.15) is 18.1 Å². The van der Waals surface area contributed by atoms with Crippen molar-refractivity contribution in [2.75, 3.05) is 27.4 Å². The Morgan fingerprint density at radius 1 is 1.15 bits per heavy atom. The Morgan fingerprint density at radius 3 is 2.52 bits per heavy atom. The Bertz CT molecular complexity index is 1090. The lowest BCUT2D eigenvalue weighted by atomic mass is 10.1. The standard InChI is InChI=1S/C23H23IN2O7/c1-4-32-20-9-14(8-18(24)22(20)33-13-21(27)28)7-16(11-25)23(29)26-12-15-5-6-17(30-2)10-19(15)31-3/h5-10H,4,12-13H2,1-3H3,(H,26,29)(H,27,28)/b16-7+. The van der Waals surface area contributed by atoms with Gasteiger partial charge in [0.05, 0.1) is 24.4 Å². The number of rotatable bonds is 11. The second-order valence-electron chi connectivity index (χ2n) is 6.48. The van der Waals surface area contributed by atoms with Gasteiger partial charge in [0, 0.05) is 18.2 Å². The second kappa shape index (κ2) is 12.5. The van der Waals surface area contributed by atoms with Crippen molar-refractivity contribution in [2.24, 2.45) is 0 Å². The van der Waals surface area contributed by atoms with E-state index in [9.17, 15) is 14.9 Å². The maximum Gasteiger partial charge on any atom is 0.341 e. The number of benzene rings is 2. The molecule has 0 aliphatic heterocycles. The summed E-state index contributed by atoms with van der Waals surface area (Å²) in [5.41, 5.74) is 1.14. The highest BCUT2D eigenvalue weighted by Crippen LogP contribution is 2.35. The van der Waals surface area contributed by atoms with Gasteiger partial charge in [0.2, 0.25) is 0 Å². The van der Waals surface area contributed by atoms with Gasteiger partial charge in [0.25, 0.3) is 5.91 Å². The zero-order valence-corrected chi connectivity index (χ0v) is 20.5. The second-order valence-corrected chi connectivity index (χ2v) is 7.64. The zero-order chi connectivity index (χ0) is 24.4. The van der Waals surface area contributed by atoms with Crippen molar-refractivity contribution in [1.29, 1.82) is 5.26 Å². The molecule has 2 aromatic rings. The number of carbonyl (C=O) groups is 2. The van der Waals surface area contributed by atoms with E-state index in [1.807, 2.05) is 28.7 Å². The van der Waals surface area contributed by atoms with Crippen molar-refractivity contribution in [3.05, 3.63) is 50.6 Å². The number of hydrogen-bond donors (Lipinski definition) is 2. The van der Waals surface area contributed by atoms with Crippen LogP contribution in [0.2, 0.25) is 0 Å². The van der Waals surface area contributed by atoms with E-state index in [1.54, 1.807) is 44.4 Å². The molecule has 0 fully saturated rings. The Hall–Kier alpha value is -3.46. The summed E-state index contributed by atoms with van der Waals surface area (Å²) in [5.74, 6) is 0.0906. The van der Waals surface area contributed by atoms with E-state index in [0.29, 0.717) is 33.0 Å². The average molecular weight is 566 g/mol. The summed E-state index contributed by atoms with van der Waals surface area (Å²) in [6.45, 7) is 1.72. The highest BCUT2D eigenvalue weighted by atomic mass is 127. The van der Waals surface area contributed by atoms with Gasteiger partial charge in [0.15, 0.2) is 18.1 Å². The number of nitrogens with one attached hydrogen (secondary N) is 1. The van der Waals surface area contributed by atoms with Crippen molar-refractivity contribution in [3.63, 3.8) is 0 Å². The van der Waals surface area contributed by atoms with E-state index < -0.39 is 18.5 Å². The SMILES string of the molecule is CCOc1cc(/C=C(\C#N)C(=O)NCc2ccc(OC)cc2OC)cc(I)c1OCC(=O)O. The Labute approximate surface area is 205 Å². The van der Waals surface area contributed by atoms with Gasteiger partial charge in [0.1, 0.15) is 23.1 Å². The molecular formula is C23H23IN2O7. The van der Waals surface area contributed by atoms with E-state index in [2.05, 4.69) is 5.32 Å². The van der Waals surface area contributed by atoms with Crippen LogP contribution in [0.4, 0.5) is 0 Å². The average Bonchev–Trinajstić information content (AvgIpc) is 2.80. The summed E-state index contributed by atoms with van der Waals surface area (Å²) in [6, 6.07) is 10.4. The monoisotopic (exact) mass is 566 g/mol. The fourth-order valence-corrected chi connectivity index (χ4v) is 3.57. The van der Waals surface area contributed by atoms with Crippen LogP contribution in [0.5, 0.6) is 23.0 Å². The number of nitriles is 1. The lowest BCUT2D eigenvalue weighted by Gasteiger charge is -2.14. The maximum atomic E-state index is 12.6. The summed E-state index contributed by atoms with van der Waals surface area (Å²) in [6.07, 6.45) is 1.42. The van der Waals surface area contributed by atoms with E-state index in [-0.39, 0.29) is 17.9 Å². The number of halogens is 1. The van der Waals surface area contributed by atoms with Gasteiger partial charge in [-0.15, -0.1) is 0 Å². The van der Waals surface area contributed by atoms with Gasteiger partial charge in [-0.2, -0.15) is 5.26 Å². The van der Waals surface area contributed by atoms with Crippen LogP contribution in [0.25, 0.3) is 6.08 Å². The first-order valence-electron chi connectivity index (χ1n) is 9.74. The van der Waals surface area contributed by atoms with E-state index >= 15 is 0 Å². The largest absolute Gasteiger partial charge is 0.497 e. The molecule has 33 heavy (non-hydrogen) atoms. The molecule has 0 aromatic heterocycles. The number of hydrogen-bond acceptors (Lipinski definition) is 7. The van der Waals surface area contributed by atoms with Crippen LogP contribution in [-0.4, -0.2) is 44.4 Å². The fourth-order valence-electron chi connectivity index (χ4n) is 2.79. The molecule has 0 saturated heterocycles. The quantitative estimate of drug-likeness (QED) is 0.241. The molecule has 2 aromatic carbocycles. The summed E-state index contributed by atoms with van der Waals surface area (Å²) in [7, 11) is 3.06. The van der Waals surface area contributed by atoms with Crippen LogP contribution in [0.3, 0.4) is 0 Å². The van der Waals surface area contributed by atoms with Crippen molar-refractivity contribution < 1.29 is 33.6 Å². The minimum absolute atomic E-state index is 0.111. The lowest BCUT2D eigenvalue weighted by molar-refractivity contribution is -0.139. The summed E-state index contributed by atoms with van der Waals surface area (Å²) in [4.78, 5) is 23.5. The molecule has 1 amide bonds. The number of methoxy groups -OCH3 is 2. The molecule has 0 spiro atoms. The maximum absolute atomic E-state index is 12.6. The number of carboxylic acid groups (broad SMARTS) is 1. The van der Waals surface area contributed by atoms with Gasteiger partial charge in [-0.05, 0) is 65.4 Å². The summed E-state index contributed by atoms with van der Waals surface area (Å²) >= 11 is 1.98. The number of carboxylic acids is 1. The molecular weight excluding hydrogens is 543 g/mol. The third kappa shape index (κ3) is 7.28. The number of amides is 1. The zero-order valence-electron chi connectivity index (χ0n) is 18.3. The van der Waals surface area contributed by atoms with E-state index in [4.69, 9.17) is 24.1 Å². The Morgan fingerprint density at radius 2 is 1.91 bits per heavy atom. The minimum atomic E-state index is -1.12. The van der Waals surface area contributed by atoms with Crippen LogP contribution < -0.4 is 24.3 Å². The molecule has 9 nitrogen and oxygen atoms in total. The molecule has 0 unspecified atom stereocenters. The molecule has 2 N–H and O–H groups in total. The van der Waals surface area contributed by atoms with Crippen molar-refractivity contribution in [1.82, 2.24) is 5.32 Å². The first-order chi connectivity index (χ1) is 15.8. The molecule has 0 aliphatic rings. The summed E-state index contributed by atoms with van der Waals surface area (Å²) < 4.78 is 21.9. The molecule has 0 atom stereocenters. The lowest BCUT2D eigenvalue weighted by Crippen LogP contribution is -2.24. The smallest absolute Gasteiger partial charge is 0.341 e. The molecule has 0 bridgehead atoms. The number of aliphatic carboxylic acids is 1. The predicted octanol–water partition coefficient (Wildman–Crippen LogP) is 3.39. The van der Waals surface area contributed by atoms with Crippen LogP contribution in [-0.2, 0) is 16.1 Å². The third-order valence-electron chi connectivity index (χ3n) is 4.28. The van der Waals surface area contributed by atoms with Gasteiger partial charge in [-0.1, -0.05) is 0 Å². The third-order valence-corrected chi connectivity index (χ3v) is 5.08. The van der Waals surface area contributed by atoms with Gasteiger partial charge >= 0.3 is 5.97 Å². The fraction of sp³-hybridized carbons (Fsp3) is 0.261. The predicted molar refractivity (Wildman–Crippen MR) is 128 cm³/mol. The first kappa shape index (κ1) is 25.8. The molecule has 0 saturated carbocycles. The molecule has 0 radical (unpaired) electrons.